The Kier molecular flexibility index (Phi) is 5.59. The summed E-state index contributed by atoms with van der Waals surface area (Å²) >= 11 is 0. The van der Waals surface area contributed by atoms with Gasteiger partial charge in [-0.15, -0.1) is 0 Å². The maximum atomic E-state index is 13.6. The molecule has 8 heteroatoms. The van der Waals surface area contributed by atoms with Crippen LogP contribution in [0.4, 0.5) is 5.69 Å². The molecule has 2 aliphatic rings. The van der Waals surface area contributed by atoms with Gasteiger partial charge in [0.15, 0.2) is 17.6 Å². The van der Waals surface area contributed by atoms with Gasteiger partial charge in [-0.2, -0.15) is 0 Å². The van der Waals surface area contributed by atoms with Crippen LogP contribution in [0.5, 0.6) is 17.2 Å². The third-order valence-corrected chi connectivity index (χ3v) is 6.24. The van der Waals surface area contributed by atoms with E-state index in [1.165, 1.54) is 19.1 Å². The molecule has 0 saturated carbocycles. The predicted molar refractivity (Wildman–Crippen MR) is 123 cm³/mol. The average Bonchev–Trinajstić information content (AvgIpc) is 3.37. The number of fused-ring (bicyclic) bond motifs is 1. The monoisotopic (exact) mass is 460 g/mol. The number of imide groups is 1. The van der Waals surface area contributed by atoms with E-state index in [1.807, 2.05) is 60.7 Å². The van der Waals surface area contributed by atoms with Gasteiger partial charge in [0.1, 0.15) is 5.92 Å². The second-order valence-corrected chi connectivity index (χ2v) is 8.18. The van der Waals surface area contributed by atoms with E-state index in [0.717, 1.165) is 5.56 Å². The first kappa shape index (κ1) is 21.8. The van der Waals surface area contributed by atoms with Crippen molar-refractivity contribution in [3.05, 3.63) is 83.9 Å². The van der Waals surface area contributed by atoms with Gasteiger partial charge < -0.3 is 14.6 Å². The van der Waals surface area contributed by atoms with Gasteiger partial charge >= 0.3 is 0 Å². The van der Waals surface area contributed by atoms with Gasteiger partial charge in [-0.05, 0) is 35.4 Å². The number of methoxy groups -OCH3 is 2. The molecule has 0 radical (unpaired) electrons. The van der Waals surface area contributed by atoms with Crippen molar-refractivity contribution in [2.24, 2.45) is 5.92 Å². The molecule has 2 amide bonds. The van der Waals surface area contributed by atoms with Gasteiger partial charge in [0.25, 0.3) is 5.91 Å². The van der Waals surface area contributed by atoms with E-state index in [9.17, 15) is 14.7 Å². The Morgan fingerprint density at radius 2 is 1.47 bits per heavy atom. The number of phenolic OH excluding ortho intramolecular Hbond substituents is 1. The Labute approximate surface area is 196 Å². The molecule has 2 heterocycles. The largest absolute Gasteiger partial charge is 0.502 e. The van der Waals surface area contributed by atoms with Gasteiger partial charge in [-0.3, -0.25) is 19.3 Å². The topological polar surface area (TPSA) is 88.5 Å². The number of rotatable bonds is 6. The van der Waals surface area contributed by atoms with Crippen LogP contribution < -0.4 is 14.5 Å². The molecule has 2 aliphatic heterocycles. The number of carbonyl (C=O) groups is 2. The van der Waals surface area contributed by atoms with Crippen LogP contribution in [-0.4, -0.2) is 42.1 Å². The van der Waals surface area contributed by atoms with Crippen molar-refractivity contribution in [1.82, 2.24) is 4.90 Å². The fraction of sp³-hybridized carbons (Fsp3) is 0.231. The summed E-state index contributed by atoms with van der Waals surface area (Å²) in [6, 6.07) is 21.3. The molecule has 0 unspecified atom stereocenters. The Morgan fingerprint density at radius 1 is 0.882 bits per heavy atom. The van der Waals surface area contributed by atoms with Crippen LogP contribution >= 0.6 is 0 Å². The smallest absolute Gasteiger partial charge is 0.262 e. The number of para-hydroxylation sites is 1. The van der Waals surface area contributed by atoms with Crippen LogP contribution in [0.15, 0.2) is 72.8 Å². The number of amides is 2. The number of carbonyl (C=O) groups excluding carboxylic acids is 2. The molecule has 174 valence electrons. The lowest BCUT2D eigenvalue weighted by molar-refractivity contribution is -0.143. The third kappa shape index (κ3) is 3.52. The number of hydroxylamine groups is 1. The zero-order valence-corrected chi connectivity index (χ0v) is 18.8. The highest BCUT2D eigenvalue weighted by atomic mass is 16.7. The summed E-state index contributed by atoms with van der Waals surface area (Å²) < 4.78 is 10.7. The molecule has 3 aromatic rings. The van der Waals surface area contributed by atoms with Crippen LogP contribution in [0.3, 0.4) is 0 Å². The van der Waals surface area contributed by atoms with E-state index in [-0.39, 0.29) is 35.6 Å². The number of aromatic hydroxyl groups is 1. The standard InChI is InChI=1S/C26H24N2O6/c1-32-19-13-17(14-20(33-2)23(19)29)22-21-24(34-28(22)18-11-7-4-8-12-18)26(31)27(25(21)30)15-16-9-5-3-6-10-16/h3-14,21-22,24,29H,15H2,1-2H3/t21-,22+,24+/m1/s1. The fourth-order valence-corrected chi connectivity index (χ4v) is 4.62. The maximum Gasteiger partial charge on any atom is 0.262 e. The van der Waals surface area contributed by atoms with Gasteiger partial charge in [0.2, 0.25) is 11.7 Å². The van der Waals surface area contributed by atoms with E-state index in [4.69, 9.17) is 14.3 Å². The molecule has 0 spiro atoms. The first-order chi connectivity index (χ1) is 16.5. The number of hydrogen-bond donors (Lipinski definition) is 1. The highest BCUT2D eigenvalue weighted by molar-refractivity contribution is 6.07. The average molecular weight is 460 g/mol. The lowest BCUT2D eigenvalue weighted by atomic mass is 9.90. The van der Waals surface area contributed by atoms with Crippen molar-refractivity contribution in [1.29, 1.82) is 0 Å². The number of nitrogens with zero attached hydrogens (tertiary/aromatic N) is 2. The van der Waals surface area contributed by atoms with E-state index in [2.05, 4.69) is 0 Å². The predicted octanol–water partition coefficient (Wildman–Crippen LogP) is 3.46. The molecule has 3 atom stereocenters. The first-order valence-corrected chi connectivity index (χ1v) is 10.9. The van der Waals surface area contributed by atoms with Crippen LogP contribution in [0.2, 0.25) is 0 Å². The minimum Gasteiger partial charge on any atom is -0.502 e. The first-order valence-electron chi connectivity index (χ1n) is 10.9. The molecular formula is C26H24N2O6. The SMILES string of the molecule is COc1cc([C@H]2[C@H]3C(=O)N(Cc4ccccc4)C(=O)[C@H]3ON2c2ccccc2)cc(OC)c1O. The summed E-state index contributed by atoms with van der Waals surface area (Å²) in [5, 5.41) is 12.0. The van der Waals surface area contributed by atoms with Gasteiger partial charge in [0.05, 0.1) is 32.5 Å². The second-order valence-electron chi connectivity index (χ2n) is 8.18. The molecule has 0 aliphatic carbocycles. The molecule has 3 aromatic carbocycles. The number of likely N-dealkylation sites (tertiary alicyclic amines) is 1. The molecule has 1 N–H and O–H groups in total. The lowest BCUT2D eigenvalue weighted by Gasteiger charge is -2.29. The Hall–Kier alpha value is -4.04. The van der Waals surface area contributed by atoms with E-state index < -0.39 is 18.1 Å². The van der Waals surface area contributed by atoms with Gasteiger partial charge in [0, 0.05) is 0 Å². The molecule has 5 rings (SSSR count). The summed E-state index contributed by atoms with van der Waals surface area (Å²) in [5.41, 5.74) is 2.17. The highest BCUT2D eigenvalue weighted by Crippen LogP contribution is 2.49. The summed E-state index contributed by atoms with van der Waals surface area (Å²) in [6.07, 6.45) is -0.966. The third-order valence-electron chi connectivity index (χ3n) is 6.24. The Morgan fingerprint density at radius 3 is 2.06 bits per heavy atom. The summed E-state index contributed by atoms with van der Waals surface area (Å²) in [5.74, 6) is -1.22. The Bertz CT molecular complexity index is 1190. The number of anilines is 1. The van der Waals surface area contributed by atoms with Crippen LogP contribution in [0, 0.1) is 5.92 Å². The number of phenols is 1. The van der Waals surface area contributed by atoms with Crippen molar-refractivity contribution in [2.45, 2.75) is 18.7 Å². The molecule has 2 fully saturated rings. The summed E-state index contributed by atoms with van der Waals surface area (Å²) in [4.78, 5) is 34.3. The molecule has 0 aromatic heterocycles. The van der Waals surface area contributed by atoms with Crippen molar-refractivity contribution in [3.63, 3.8) is 0 Å². The van der Waals surface area contributed by atoms with Gasteiger partial charge in [-0.1, -0.05) is 48.5 Å². The molecule has 2 saturated heterocycles. The normalized spacial score (nSPS) is 21.6. The molecule has 34 heavy (non-hydrogen) atoms. The second kappa shape index (κ2) is 8.72. The Balaban J connectivity index is 1.58. The van der Waals surface area contributed by atoms with Gasteiger partial charge in [-0.25, -0.2) is 5.06 Å². The minimum absolute atomic E-state index is 0.144. The highest BCUT2D eigenvalue weighted by Gasteiger charge is 2.60. The number of benzene rings is 3. The molecule has 0 bridgehead atoms. The minimum atomic E-state index is -0.966. The van der Waals surface area contributed by atoms with E-state index in [1.54, 1.807) is 17.2 Å². The van der Waals surface area contributed by atoms with Crippen LogP contribution in [-0.2, 0) is 21.0 Å². The summed E-state index contributed by atoms with van der Waals surface area (Å²) in [6.45, 7) is 0.176. The van der Waals surface area contributed by atoms with Crippen molar-refractivity contribution < 1.29 is 29.0 Å². The van der Waals surface area contributed by atoms with Crippen LogP contribution in [0.1, 0.15) is 17.2 Å². The lowest BCUT2D eigenvalue weighted by Crippen LogP contribution is -2.37. The van der Waals surface area contributed by atoms with E-state index in [0.29, 0.717) is 11.3 Å². The van der Waals surface area contributed by atoms with Crippen molar-refractivity contribution in [2.75, 3.05) is 19.3 Å². The molecule has 8 nitrogen and oxygen atoms in total. The fourth-order valence-electron chi connectivity index (χ4n) is 4.62. The number of hydrogen-bond acceptors (Lipinski definition) is 7. The zero-order valence-electron chi connectivity index (χ0n) is 18.8. The zero-order chi connectivity index (χ0) is 23.8. The number of ether oxygens (including phenoxy) is 2. The molecular weight excluding hydrogens is 436 g/mol. The quantitative estimate of drug-likeness (QED) is 0.564. The van der Waals surface area contributed by atoms with Crippen molar-refractivity contribution >= 4 is 17.5 Å². The van der Waals surface area contributed by atoms with Crippen molar-refractivity contribution in [3.8, 4) is 17.2 Å². The van der Waals surface area contributed by atoms with E-state index >= 15 is 0 Å². The summed E-state index contributed by atoms with van der Waals surface area (Å²) in [7, 11) is 2.88. The maximum absolute atomic E-state index is 13.6. The van der Waals surface area contributed by atoms with Crippen LogP contribution in [0.25, 0.3) is 0 Å².